The molecule has 0 spiro atoms. The highest BCUT2D eigenvalue weighted by atomic mass is 16.7. The van der Waals surface area contributed by atoms with Crippen molar-refractivity contribution in [2.24, 2.45) is 34.5 Å². The molecule has 1 heterocycles. The second-order valence-corrected chi connectivity index (χ2v) is 13.0. The van der Waals surface area contributed by atoms with Gasteiger partial charge in [-0.05, 0) is 62.5 Å². The molecule has 2 N–H and O–H groups in total. The van der Waals surface area contributed by atoms with Crippen molar-refractivity contribution >= 4 is 11.6 Å². The van der Waals surface area contributed by atoms with Gasteiger partial charge in [0.25, 0.3) is 0 Å². The van der Waals surface area contributed by atoms with Crippen molar-refractivity contribution in [3.8, 4) is 0 Å². The highest BCUT2D eigenvalue weighted by Gasteiger charge is 2.76. The van der Waals surface area contributed by atoms with Gasteiger partial charge >= 0.3 is 0 Å². The molecule has 0 aromatic rings. The molecule has 0 amide bonds. The Morgan fingerprint density at radius 3 is 2.56 bits per heavy atom. The summed E-state index contributed by atoms with van der Waals surface area (Å²) in [6.45, 7) is 3.70. The zero-order valence-electron chi connectivity index (χ0n) is 21.8. The van der Waals surface area contributed by atoms with Crippen LogP contribution in [0.3, 0.4) is 0 Å². The molecular formula is C30H42O6. The molecule has 0 bridgehead atoms. The van der Waals surface area contributed by atoms with E-state index in [1.54, 1.807) is 12.2 Å². The third kappa shape index (κ3) is 3.36. The fourth-order valence-corrected chi connectivity index (χ4v) is 9.68. The number of carbonyl (C=O) groups is 2. The summed E-state index contributed by atoms with van der Waals surface area (Å²) in [5.74, 6) is 0.340. The molecule has 6 heteroatoms. The lowest BCUT2D eigenvalue weighted by Gasteiger charge is -2.59. The number of carbonyl (C=O) groups excluding carboxylic acids is 2. The highest BCUT2D eigenvalue weighted by Crippen LogP contribution is 2.70. The summed E-state index contributed by atoms with van der Waals surface area (Å²) in [5.41, 5.74) is -1.05. The molecule has 0 radical (unpaired) electrons. The summed E-state index contributed by atoms with van der Waals surface area (Å²) in [6.07, 6.45) is 15.0. The summed E-state index contributed by atoms with van der Waals surface area (Å²) >= 11 is 0. The van der Waals surface area contributed by atoms with Gasteiger partial charge in [0.2, 0.25) is 0 Å². The Morgan fingerprint density at radius 1 is 1.11 bits per heavy atom. The Balaban J connectivity index is 1.34. The Kier molecular flexibility index (Phi) is 6.14. The number of hydrogen-bond donors (Lipinski definition) is 2. The minimum Gasteiger partial charge on any atom is -0.393 e. The maximum Gasteiger partial charge on any atom is 0.193 e. The van der Waals surface area contributed by atoms with Crippen molar-refractivity contribution in [3.05, 3.63) is 23.8 Å². The molecule has 5 aliphatic carbocycles. The van der Waals surface area contributed by atoms with E-state index in [0.717, 1.165) is 50.5 Å². The van der Waals surface area contributed by atoms with Crippen LogP contribution in [0, 0.1) is 34.5 Å². The van der Waals surface area contributed by atoms with E-state index < -0.39 is 30.0 Å². The van der Waals surface area contributed by atoms with Crippen molar-refractivity contribution in [3.63, 3.8) is 0 Å². The molecule has 198 valence electrons. The maximum atomic E-state index is 13.6. The molecule has 4 saturated carbocycles. The van der Waals surface area contributed by atoms with Gasteiger partial charge in [0, 0.05) is 22.7 Å². The fraction of sp³-hybridized carbons (Fsp3) is 0.800. The Morgan fingerprint density at radius 2 is 1.83 bits per heavy atom. The first-order valence-electron chi connectivity index (χ1n) is 14.3. The van der Waals surface area contributed by atoms with E-state index in [-0.39, 0.29) is 46.8 Å². The van der Waals surface area contributed by atoms with Crippen LogP contribution in [-0.2, 0) is 19.1 Å². The van der Waals surface area contributed by atoms with Gasteiger partial charge in [0.15, 0.2) is 23.5 Å². The largest absolute Gasteiger partial charge is 0.393 e. The van der Waals surface area contributed by atoms with Gasteiger partial charge in [0.1, 0.15) is 6.61 Å². The van der Waals surface area contributed by atoms with Crippen LogP contribution in [-0.4, -0.2) is 52.5 Å². The lowest BCUT2D eigenvalue weighted by molar-refractivity contribution is -0.209. The molecule has 0 aromatic heterocycles. The minimum absolute atomic E-state index is 0.0126. The van der Waals surface area contributed by atoms with Gasteiger partial charge in [-0.1, -0.05) is 57.6 Å². The van der Waals surface area contributed by atoms with E-state index in [1.165, 1.54) is 19.3 Å². The predicted octanol–water partition coefficient (Wildman–Crippen LogP) is 4.28. The zero-order valence-corrected chi connectivity index (χ0v) is 21.8. The Bertz CT molecular complexity index is 978. The lowest BCUT2D eigenvalue weighted by atomic mass is 9.46. The SMILES string of the molecule is C[C@]12C=CC(=O)C=C1CC[C@@H]1[C@@H]2[C@@H](O)C[C@@]2(C)[C@H]1C[C@H]1O[C@@H](C3CCCCCCC3)O[C@]12C(=O)CO. The van der Waals surface area contributed by atoms with E-state index in [2.05, 4.69) is 13.8 Å². The van der Waals surface area contributed by atoms with Crippen LogP contribution in [0.1, 0.15) is 84.5 Å². The van der Waals surface area contributed by atoms with Crippen LogP contribution in [0.25, 0.3) is 0 Å². The zero-order chi connectivity index (χ0) is 25.3. The molecule has 6 rings (SSSR count). The van der Waals surface area contributed by atoms with Crippen molar-refractivity contribution in [2.45, 2.75) is 109 Å². The van der Waals surface area contributed by atoms with Crippen LogP contribution >= 0.6 is 0 Å². The average Bonchev–Trinajstić information content (AvgIpc) is 3.31. The summed E-state index contributed by atoms with van der Waals surface area (Å²) in [5, 5.41) is 21.9. The summed E-state index contributed by atoms with van der Waals surface area (Å²) < 4.78 is 13.5. The standard InChI is InChI=1S/C30H42O6/c1-28-13-12-20(32)14-19(28)10-11-21-22-15-25-30(24(34)17-31,29(22,2)16-23(33)26(21)28)36-27(35-25)18-8-6-4-3-5-7-9-18/h12-14,18,21-23,25-27,31,33H,3-11,15-17H2,1-2H3/t21-,22-,23-,25+,26+,27+,28-,29-,30+/m0/s1. The minimum atomic E-state index is -1.21. The molecule has 9 atom stereocenters. The summed E-state index contributed by atoms with van der Waals surface area (Å²) in [7, 11) is 0. The first kappa shape index (κ1) is 25.0. The highest BCUT2D eigenvalue weighted by molar-refractivity contribution is 6.01. The van der Waals surface area contributed by atoms with E-state index in [4.69, 9.17) is 9.47 Å². The first-order valence-corrected chi connectivity index (χ1v) is 14.3. The number of aliphatic hydroxyl groups excluding tert-OH is 2. The van der Waals surface area contributed by atoms with Gasteiger partial charge in [-0.25, -0.2) is 0 Å². The summed E-state index contributed by atoms with van der Waals surface area (Å²) in [6, 6.07) is 0. The van der Waals surface area contributed by atoms with Crippen molar-refractivity contribution in [1.29, 1.82) is 0 Å². The second kappa shape index (κ2) is 8.86. The molecule has 6 aliphatic rings. The number of allylic oxidation sites excluding steroid dienone is 4. The molecule has 36 heavy (non-hydrogen) atoms. The van der Waals surface area contributed by atoms with Crippen molar-refractivity contribution in [2.75, 3.05) is 6.61 Å². The number of Topliss-reactive ketones (excluding diaryl/α,β-unsaturated/α-hetero) is 1. The van der Waals surface area contributed by atoms with E-state index in [1.807, 2.05) is 6.08 Å². The van der Waals surface area contributed by atoms with E-state index in [0.29, 0.717) is 6.42 Å². The number of rotatable bonds is 3. The third-order valence-electron chi connectivity index (χ3n) is 11.3. The Labute approximate surface area is 214 Å². The molecule has 0 unspecified atom stereocenters. The lowest BCUT2D eigenvalue weighted by Crippen LogP contribution is -2.63. The topological polar surface area (TPSA) is 93.1 Å². The average molecular weight is 499 g/mol. The van der Waals surface area contributed by atoms with Gasteiger partial charge in [0.05, 0.1) is 12.2 Å². The third-order valence-corrected chi connectivity index (χ3v) is 11.3. The van der Waals surface area contributed by atoms with E-state index >= 15 is 0 Å². The molecule has 0 aromatic carbocycles. The maximum absolute atomic E-state index is 13.6. The fourth-order valence-electron chi connectivity index (χ4n) is 9.68. The quantitative estimate of drug-likeness (QED) is 0.604. The van der Waals surface area contributed by atoms with Crippen LogP contribution < -0.4 is 0 Å². The monoisotopic (exact) mass is 498 g/mol. The van der Waals surface area contributed by atoms with Gasteiger partial charge < -0.3 is 19.7 Å². The first-order chi connectivity index (χ1) is 17.2. The number of fused-ring (bicyclic) bond motifs is 7. The second-order valence-electron chi connectivity index (χ2n) is 13.0. The predicted molar refractivity (Wildman–Crippen MR) is 134 cm³/mol. The van der Waals surface area contributed by atoms with Gasteiger partial charge in [-0.15, -0.1) is 0 Å². The Hall–Kier alpha value is -1.34. The van der Waals surface area contributed by atoms with Crippen LogP contribution in [0.2, 0.25) is 0 Å². The molecule has 5 fully saturated rings. The van der Waals surface area contributed by atoms with Gasteiger partial charge in [-0.3, -0.25) is 9.59 Å². The smallest absolute Gasteiger partial charge is 0.193 e. The normalized spacial score (nSPS) is 48.8. The number of ether oxygens (including phenoxy) is 2. The van der Waals surface area contributed by atoms with Crippen molar-refractivity contribution in [1.82, 2.24) is 0 Å². The van der Waals surface area contributed by atoms with Crippen molar-refractivity contribution < 1.29 is 29.3 Å². The number of hydrogen-bond acceptors (Lipinski definition) is 6. The molecule has 1 saturated heterocycles. The van der Waals surface area contributed by atoms with Gasteiger partial charge in [-0.2, -0.15) is 0 Å². The van der Waals surface area contributed by atoms with Crippen LogP contribution in [0.4, 0.5) is 0 Å². The molecular weight excluding hydrogens is 456 g/mol. The molecule has 1 aliphatic heterocycles. The van der Waals surface area contributed by atoms with Crippen LogP contribution in [0.15, 0.2) is 23.8 Å². The van der Waals surface area contributed by atoms with Crippen LogP contribution in [0.5, 0.6) is 0 Å². The number of ketones is 2. The van der Waals surface area contributed by atoms with E-state index in [9.17, 15) is 19.8 Å². The molecule has 6 nitrogen and oxygen atoms in total. The number of aliphatic hydroxyl groups is 2. The summed E-state index contributed by atoms with van der Waals surface area (Å²) in [4.78, 5) is 25.7.